The molecule has 0 radical (unpaired) electrons. The largest absolute Gasteiger partial charge is 0.456 e. The van der Waals surface area contributed by atoms with Crippen molar-refractivity contribution in [1.29, 1.82) is 0 Å². The number of Topliss-reactive ketones (excluding diaryl/α,β-unsaturated/α-hetero) is 1. The van der Waals surface area contributed by atoms with Gasteiger partial charge in [0, 0.05) is 12.0 Å². The average Bonchev–Trinajstić information content (AvgIpc) is 2.81. The molecule has 0 aromatic heterocycles. The van der Waals surface area contributed by atoms with Crippen molar-refractivity contribution in [3.63, 3.8) is 0 Å². The molecule has 0 N–H and O–H groups in total. The van der Waals surface area contributed by atoms with Crippen LogP contribution in [0.5, 0.6) is 11.5 Å². The van der Waals surface area contributed by atoms with Crippen molar-refractivity contribution < 1.29 is 22.7 Å². The lowest BCUT2D eigenvalue weighted by Gasteiger charge is -2.11. The molecule has 0 fully saturated rings. The van der Waals surface area contributed by atoms with E-state index in [9.17, 15) is 18.0 Å². The second-order valence-electron chi connectivity index (χ2n) is 4.99. The van der Waals surface area contributed by atoms with Gasteiger partial charge in [-0.3, -0.25) is 4.79 Å². The summed E-state index contributed by atoms with van der Waals surface area (Å²) in [6, 6.07) is 7.91. The fraction of sp³-hybridized carbons (Fsp3) is 0.188. The molecule has 2 aromatic carbocycles. The summed E-state index contributed by atoms with van der Waals surface area (Å²) in [7, 11) is 0. The van der Waals surface area contributed by atoms with Crippen molar-refractivity contribution in [3.05, 3.63) is 58.1 Å². The van der Waals surface area contributed by atoms with Crippen molar-refractivity contribution in [2.45, 2.75) is 19.0 Å². The van der Waals surface area contributed by atoms with Crippen molar-refractivity contribution in [2.24, 2.45) is 0 Å². The summed E-state index contributed by atoms with van der Waals surface area (Å²) in [5.74, 6) is 0.670. The normalized spacial score (nSPS) is 14.1. The zero-order valence-corrected chi connectivity index (χ0v) is 12.0. The predicted molar refractivity (Wildman–Crippen MR) is 75.6 cm³/mol. The molecule has 2 aromatic rings. The van der Waals surface area contributed by atoms with Gasteiger partial charge in [-0.1, -0.05) is 11.6 Å². The lowest BCUT2D eigenvalue weighted by Crippen LogP contribution is -2.04. The van der Waals surface area contributed by atoms with Crippen LogP contribution in [0.3, 0.4) is 0 Å². The third-order valence-corrected chi connectivity index (χ3v) is 3.78. The Bertz CT molecular complexity index is 754. The third kappa shape index (κ3) is 2.81. The van der Waals surface area contributed by atoms with Crippen LogP contribution in [-0.4, -0.2) is 5.78 Å². The van der Waals surface area contributed by atoms with Crippen molar-refractivity contribution in [1.82, 2.24) is 0 Å². The first kappa shape index (κ1) is 14.9. The number of halogens is 4. The molecule has 6 heteroatoms. The van der Waals surface area contributed by atoms with E-state index < -0.39 is 11.7 Å². The zero-order valence-electron chi connectivity index (χ0n) is 11.2. The summed E-state index contributed by atoms with van der Waals surface area (Å²) in [6.45, 7) is 0. The minimum atomic E-state index is -4.45. The van der Waals surface area contributed by atoms with Crippen LogP contribution in [0.4, 0.5) is 13.2 Å². The van der Waals surface area contributed by atoms with E-state index in [1.54, 1.807) is 18.2 Å². The van der Waals surface area contributed by atoms with Gasteiger partial charge in [-0.05, 0) is 48.4 Å². The molecule has 1 aliphatic rings. The van der Waals surface area contributed by atoms with Gasteiger partial charge in [0.1, 0.15) is 11.5 Å². The summed E-state index contributed by atoms with van der Waals surface area (Å²) < 4.78 is 43.3. The van der Waals surface area contributed by atoms with Crippen LogP contribution in [0.15, 0.2) is 36.4 Å². The fourth-order valence-electron chi connectivity index (χ4n) is 2.38. The number of rotatable bonds is 2. The van der Waals surface area contributed by atoms with Crippen LogP contribution in [0, 0.1) is 0 Å². The van der Waals surface area contributed by atoms with E-state index >= 15 is 0 Å². The standard InChI is InChI=1S/C16H10ClF3O2/c17-13-8-10(16(18,19)20)2-6-15(13)22-11-3-4-12-9(7-11)1-5-14(12)21/h2-4,6-8H,1,5H2. The second-order valence-corrected chi connectivity index (χ2v) is 5.39. The SMILES string of the molecule is O=C1CCc2cc(Oc3ccc(C(F)(F)F)cc3Cl)ccc21. The molecule has 0 saturated carbocycles. The molecule has 2 nitrogen and oxygen atoms in total. The van der Waals surface area contributed by atoms with E-state index in [1.165, 1.54) is 6.07 Å². The number of hydrogen-bond acceptors (Lipinski definition) is 2. The van der Waals surface area contributed by atoms with Gasteiger partial charge in [0.15, 0.2) is 5.78 Å². The molecule has 0 unspecified atom stereocenters. The number of fused-ring (bicyclic) bond motifs is 1. The summed E-state index contributed by atoms with van der Waals surface area (Å²) in [5.41, 5.74) is 0.723. The second kappa shape index (κ2) is 5.32. The molecule has 0 bridgehead atoms. The number of carbonyl (C=O) groups excluding carboxylic acids is 1. The smallest absolute Gasteiger partial charge is 0.416 e. The molecule has 0 spiro atoms. The van der Waals surface area contributed by atoms with Crippen LogP contribution >= 0.6 is 11.6 Å². The first-order valence-corrected chi connectivity index (χ1v) is 6.93. The summed E-state index contributed by atoms with van der Waals surface area (Å²) in [5, 5.41) is -0.119. The van der Waals surface area contributed by atoms with Gasteiger partial charge in [-0.2, -0.15) is 13.2 Å². The molecule has 0 saturated heterocycles. The van der Waals surface area contributed by atoms with E-state index in [2.05, 4.69) is 0 Å². The number of hydrogen-bond donors (Lipinski definition) is 0. The molecule has 0 atom stereocenters. The van der Waals surface area contributed by atoms with E-state index in [1.807, 2.05) is 0 Å². The molecule has 3 rings (SSSR count). The Morgan fingerprint density at radius 1 is 1.05 bits per heavy atom. The molecular formula is C16H10ClF3O2. The van der Waals surface area contributed by atoms with Gasteiger partial charge < -0.3 is 4.74 Å². The maximum Gasteiger partial charge on any atom is 0.416 e. The first-order valence-electron chi connectivity index (χ1n) is 6.55. The molecule has 114 valence electrons. The Hall–Kier alpha value is -2.01. The highest BCUT2D eigenvalue weighted by molar-refractivity contribution is 6.32. The molecule has 0 amide bonds. The number of benzene rings is 2. The maximum absolute atomic E-state index is 12.6. The van der Waals surface area contributed by atoms with Crippen LogP contribution < -0.4 is 4.74 Å². The van der Waals surface area contributed by atoms with Crippen molar-refractivity contribution >= 4 is 17.4 Å². The monoisotopic (exact) mass is 326 g/mol. The summed E-state index contributed by atoms with van der Waals surface area (Å²) >= 11 is 5.85. The highest BCUT2D eigenvalue weighted by Gasteiger charge is 2.31. The number of ketones is 1. The minimum Gasteiger partial charge on any atom is -0.456 e. The maximum atomic E-state index is 12.6. The Kier molecular flexibility index (Phi) is 3.60. The van der Waals surface area contributed by atoms with Gasteiger partial charge in [0.25, 0.3) is 0 Å². The van der Waals surface area contributed by atoms with Gasteiger partial charge in [-0.25, -0.2) is 0 Å². The summed E-state index contributed by atoms with van der Waals surface area (Å²) in [4.78, 5) is 11.6. The van der Waals surface area contributed by atoms with Gasteiger partial charge >= 0.3 is 6.18 Å². The molecular weight excluding hydrogens is 317 g/mol. The highest BCUT2D eigenvalue weighted by Crippen LogP contribution is 2.37. The lowest BCUT2D eigenvalue weighted by molar-refractivity contribution is -0.137. The number of alkyl halides is 3. The van der Waals surface area contributed by atoms with Crippen molar-refractivity contribution in [3.8, 4) is 11.5 Å². The van der Waals surface area contributed by atoms with Crippen LogP contribution in [0.1, 0.15) is 27.9 Å². The quantitative estimate of drug-likeness (QED) is 0.750. The molecule has 1 aliphatic carbocycles. The van der Waals surface area contributed by atoms with Crippen LogP contribution in [0.25, 0.3) is 0 Å². The third-order valence-electron chi connectivity index (χ3n) is 3.49. The molecule has 22 heavy (non-hydrogen) atoms. The van der Waals surface area contributed by atoms with Gasteiger partial charge in [0.05, 0.1) is 10.6 Å². The lowest BCUT2D eigenvalue weighted by atomic mass is 10.1. The summed E-state index contributed by atoms with van der Waals surface area (Å²) in [6.07, 6.45) is -3.33. The van der Waals surface area contributed by atoms with E-state index in [-0.39, 0.29) is 16.6 Å². The van der Waals surface area contributed by atoms with Crippen LogP contribution in [0.2, 0.25) is 5.02 Å². The van der Waals surface area contributed by atoms with E-state index in [4.69, 9.17) is 16.3 Å². The molecule has 0 heterocycles. The van der Waals surface area contributed by atoms with Crippen LogP contribution in [-0.2, 0) is 12.6 Å². The Morgan fingerprint density at radius 3 is 2.50 bits per heavy atom. The average molecular weight is 327 g/mol. The van der Waals surface area contributed by atoms with Gasteiger partial charge in [-0.15, -0.1) is 0 Å². The highest BCUT2D eigenvalue weighted by atomic mass is 35.5. The molecule has 0 aliphatic heterocycles. The predicted octanol–water partition coefficient (Wildman–Crippen LogP) is 5.28. The Labute approximate surface area is 129 Å². The number of ether oxygens (including phenoxy) is 1. The number of carbonyl (C=O) groups is 1. The minimum absolute atomic E-state index is 0.0918. The topological polar surface area (TPSA) is 26.3 Å². The number of aryl methyl sites for hydroxylation is 1. The Morgan fingerprint density at radius 2 is 1.82 bits per heavy atom. The Balaban J connectivity index is 1.86. The van der Waals surface area contributed by atoms with E-state index in [0.29, 0.717) is 24.2 Å². The van der Waals surface area contributed by atoms with Gasteiger partial charge in [0.2, 0.25) is 0 Å². The fourth-order valence-corrected chi connectivity index (χ4v) is 2.60. The van der Waals surface area contributed by atoms with Crippen molar-refractivity contribution in [2.75, 3.05) is 0 Å². The van der Waals surface area contributed by atoms with E-state index in [0.717, 1.165) is 17.7 Å². The first-order chi connectivity index (χ1) is 10.3. The zero-order chi connectivity index (χ0) is 15.9.